The van der Waals surface area contributed by atoms with E-state index in [1.807, 2.05) is 0 Å². The number of hydrazine groups is 1. The zero-order valence-corrected chi connectivity index (χ0v) is 23.0. The molecule has 2 aliphatic rings. The molecule has 0 saturated carbocycles. The van der Waals surface area contributed by atoms with Gasteiger partial charge >= 0.3 is 0 Å². The van der Waals surface area contributed by atoms with Crippen LogP contribution in [0.2, 0.25) is 0 Å². The molecule has 2 heterocycles. The van der Waals surface area contributed by atoms with Crippen molar-refractivity contribution in [3.63, 3.8) is 0 Å². The number of rotatable bonds is 18. The van der Waals surface area contributed by atoms with Crippen molar-refractivity contribution in [2.45, 2.75) is 135 Å². The standard InChI is InChI=1S/C29H50N3.BrH/c1-2-3-4-5-6-7-8-9-10-11-12-13-14-15-16-17-23-28-27-22-18-19-24-29(27)32(30-28)31-25-20-21-26-31;/h18-19,22,24,28H,2-17,20-21,23,25-26H2,1H3;1H/q+1;/p-1. The van der Waals surface area contributed by atoms with Crippen LogP contribution in [0.4, 0.5) is 5.69 Å². The second-order valence-corrected chi connectivity index (χ2v) is 10.2. The van der Waals surface area contributed by atoms with Crippen molar-refractivity contribution in [2.24, 2.45) is 5.11 Å². The van der Waals surface area contributed by atoms with E-state index in [0.29, 0.717) is 6.04 Å². The van der Waals surface area contributed by atoms with Gasteiger partial charge in [0.25, 0.3) is 5.69 Å². The number of halogens is 1. The Labute approximate surface area is 215 Å². The Morgan fingerprint density at radius 3 is 1.76 bits per heavy atom. The van der Waals surface area contributed by atoms with Crippen LogP contribution in [0, 0.1) is 0 Å². The minimum atomic E-state index is 0. The van der Waals surface area contributed by atoms with Gasteiger partial charge in [-0.2, -0.15) is 5.01 Å². The van der Waals surface area contributed by atoms with Crippen molar-refractivity contribution in [3.8, 4) is 0 Å². The molecule has 2 aliphatic heterocycles. The predicted molar refractivity (Wildman–Crippen MR) is 137 cm³/mol. The number of azo groups is 1. The molecule has 1 fully saturated rings. The Hall–Kier alpha value is -0.900. The molecule has 1 unspecified atom stereocenters. The largest absolute Gasteiger partial charge is 1.00 e. The van der Waals surface area contributed by atoms with Crippen LogP contribution in [0.1, 0.15) is 141 Å². The summed E-state index contributed by atoms with van der Waals surface area (Å²) in [6.07, 6.45) is 26.7. The van der Waals surface area contributed by atoms with Crippen molar-refractivity contribution in [1.29, 1.82) is 0 Å². The molecule has 0 bridgehead atoms. The minimum Gasteiger partial charge on any atom is -1.00 e. The van der Waals surface area contributed by atoms with Crippen LogP contribution >= 0.6 is 0 Å². The van der Waals surface area contributed by atoms with Gasteiger partial charge in [-0.3, -0.25) is 0 Å². The highest BCUT2D eigenvalue weighted by molar-refractivity contribution is 5.43. The molecule has 1 aromatic carbocycles. The molecule has 3 nitrogen and oxygen atoms in total. The van der Waals surface area contributed by atoms with E-state index in [0.717, 1.165) is 13.1 Å². The highest BCUT2D eigenvalue weighted by Gasteiger charge is 2.37. The van der Waals surface area contributed by atoms with E-state index in [1.54, 1.807) is 0 Å². The van der Waals surface area contributed by atoms with Crippen LogP contribution in [-0.2, 0) is 0 Å². The molecular weight excluding hydrogens is 470 g/mol. The van der Waals surface area contributed by atoms with Gasteiger partial charge in [0.2, 0.25) is 0 Å². The van der Waals surface area contributed by atoms with Gasteiger partial charge in [-0.1, -0.05) is 122 Å². The maximum absolute atomic E-state index is 5.10. The minimum absolute atomic E-state index is 0. The van der Waals surface area contributed by atoms with E-state index in [2.05, 4.69) is 41.0 Å². The average molecular weight is 521 g/mol. The Bertz CT molecular complexity index is 654. The van der Waals surface area contributed by atoms with Crippen LogP contribution in [0.15, 0.2) is 29.4 Å². The first-order valence-corrected chi connectivity index (χ1v) is 14.2. The lowest BCUT2D eigenvalue weighted by atomic mass is 9.99. The molecule has 1 saturated heterocycles. The van der Waals surface area contributed by atoms with E-state index >= 15 is 0 Å². The van der Waals surface area contributed by atoms with Crippen molar-refractivity contribution >= 4 is 5.69 Å². The van der Waals surface area contributed by atoms with Gasteiger partial charge in [-0.15, -0.1) is 0 Å². The summed E-state index contributed by atoms with van der Waals surface area (Å²) in [4.78, 5) is 2.24. The lowest BCUT2D eigenvalue weighted by Gasteiger charge is -2.08. The average Bonchev–Trinajstić information content (AvgIpc) is 3.47. The number of nitrogens with zero attached hydrogens (tertiary/aromatic N) is 3. The summed E-state index contributed by atoms with van der Waals surface area (Å²) >= 11 is 0. The Kier molecular flexibility index (Phi) is 15.0. The molecule has 188 valence electrons. The summed E-state index contributed by atoms with van der Waals surface area (Å²) < 4.78 is 0. The first-order chi connectivity index (χ1) is 15.9. The second-order valence-electron chi connectivity index (χ2n) is 10.2. The molecule has 0 N–H and O–H groups in total. The Morgan fingerprint density at radius 2 is 1.21 bits per heavy atom. The number of para-hydroxylation sites is 1. The van der Waals surface area contributed by atoms with Crippen LogP contribution in [0.3, 0.4) is 0 Å². The van der Waals surface area contributed by atoms with E-state index in [4.69, 9.17) is 5.11 Å². The highest BCUT2D eigenvalue weighted by Crippen LogP contribution is 2.39. The lowest BCUT2D eigenvalue weighted by molar-refractivity contribution is -0.672. The molecule has 0 amide bonds. The Balaban J connectivity index is 0.00000385. The molecule has 1 aromatic rings. The van der Waals surface area contributed by atoms with Gasteiger partial charge in [-0.05, 0) is 25.3 Å². The zero-order valence-electron chi connectivity index (χ0n) is 21.5. The summed E-state index contributed by atoms with van der Waals surface area (Å²) in [7, 11) is 0. The number of unbranched alkanes of at least 4 members (excludes halogenated alkanes) is 15. The van der Waals surface area contributed by atoms with E-state index in [1.165, 1.54) is 133 Å². The number of hydrogen-bond donors (Lipinski definition) is 0. The third-order valence-corrected chi connectivity index (χ3v) is 7.44. The summed E-state index contributed by atoms with van der Waals surface area (Å²) in [5.41, 5.74) is 2.77. The molecular formula is C29H50BrN3. The summed E-state index contributed by atoms with van der Waals surface area (Å²) in [5, 5.41) is 7.54. The monoisotopic (exact) mass is 519 g/mol. The van der Waals surface area contributed by atoms with Crippen molar-refractivity contribution in [1.82, 2.24) is 5.01 Å². The third kappa shape index (κ3) is 10.1. The van der Waals surface area contributed by atoms with E-state index < -0.39 is 0 Å². The fourth-order valence-electron chi connectivity index (χ4n) is 5.42. The van der Waals surface area contributed by atoms with Crippen molar-refractivity contribution in [2.75, 3.05) is 13.1 Å². The van der Waals surface area contributed by atoms with Crippen molar-refractivity contribution < 1.29 is 21.8 Å². The number of fused-ring (bicyclic) bond motifs is 1. The van der Waals surface area contributed by atoms with Crippen LogP contribution in [0.25, 0.3) is 0 Å². The number of hydrogen-bond acceptors (Lipinski definition) is 2. The normalized spacial score (nSPS) is 17.2. The maximum atomic E-state index is 5.10. The fourth-order valence-corrected chi connectivity index (χ4v) is 5.42. The van der Waals surface area contributed by atoms with Gasteiger partial charge in [0.05, 0.1) is 18.7 Å². The number of benzene rings is 1. The fraction of sp³-hybridized carbons (Fsp3) is 0.793. The topological polar surface area (TPSA) is 18.6 Å². The molecule has 3 rings (SSSR count). The summed E-state index contributed by atoms with van der Waals surface area (Å²) in [6.45, 7) is 4.61. The third-order valence-electron chi connectivity index (χ3n) is 7.44. The molecule has 0 aromatic heterocycles. The first kappa shape index (κ1) is 28.3. The van der Waals surface area contributed by atoms with Gasteiger partial charge in [0, 0.05) is 16.0 Å². The van der Waals surface area contributed by atoms with Gasteiger partial charge in [0.15, 0.2) is 0 Å². The zero-order chi connectivity index (χ0) is 22.3. The molecule has 0 spiro atoms. The summed E-state index contributed by atoms with van der Waals surface area (Å²) in [5.74, 6) is 0. The van der Waals surface area contributed by atoms with Crippen molar-refractivity contribution in [3.05, 3.63) is 29.8 Å². The first-order valence-electron chi connectivity index (χ1n) is 14.2. The summed E-state index contributed by atoms with van der Waals surface area (Å²) in [6, 6.07) is 9.27. The van der Waals surface area contributed by atoms with Crippen LogP contribution in [0.5, 0.6) is 0 Å². The van der Waals surface area contributed by atoms with Gasteiger partial charge in [0.1, 0.15) is 6.04 Å². The predicted octanol–water partition coefficient (Wildman–Crippen LogP) is 6.50. The maximum Gasteiger partial charge on any atom is 0.270 e. The molecule has 4 heteroatoms. The van der Waals surface area contributed by atoms with E-state index in [9.17, 15) is 0 Å². The second kappa shape index (κ2) is 17.5. The molecule has 1 atom stereocenters. The molecule has 0 radical (unpaired) electrons. The Morgan fingerprint density at radius 1 is 0.727 bits per heavy atom. The lowest BCUT2D eigenvalue weighted by Crippen LogP contribution is -3.00. The molecule has 33 heavy (non-hydrogen) atoms. The quantitative estimate of drug-likeness (QED) is 0.160. The van der Waals surface area contributed by atoms with Crippen LogP contribution in [-0.4, -0.2) is 22.9 Å². The van der Waals surface area contributed by atoms with Gasteiger partial charge in [-0.25, -0.2) is 0 Å². The SMILES string of the molecule is CCCCCCCCCCCCCCCCCCC1N=[N+](N2CCCC2)c2ccccc21.[Br-]. The highest BCUT2D eigenvalue weighted by atomic mass is 79.9. The van der Waals surface area contributed by atoms with E-state index in [-0.39, 0.29) is 17.0 Å². The molecule has 0 aliphatic carbocycles. The van der Waals surface area contributed by atoms with Gasteiger partial charge < -0.3 is 17.0 Å². The van der Waals surface area contributed by atoms with Crippen LogP contribution < -0.4 is 17.0 Å². The smallest absolute Gasteiger partial charge is 0.270 e.